The largest absolute Gasteiger partial charge is 0.352 e. The SMILES string of the molecule is C/C=C/CCC1CCC(C2COC(C3CCC(C4CCC(CC=C(F)F)CC4)CC3)OC2)CC1. The summed E-state index contributed by atoms with van der Waals surface area (Å²) in [6, 6.07) is 0. The molecule has 3 saturated carbocycles. The van der Waals surface area contributed by atoms with Crippen LogP contribution in [-0.4, -0.2) is 19.5 Å². The number of hydrogen-bond donors (Lipinski definition) is 0. The van der Waals surface area contributed by atoms with Crippen molar-refractivity contribution in [2.45, 2.75) is 110 Å². The molecule has 0 atom stereocenters. The Kier molecular flexibility index (Phi) is 10.5. The molecule has 0 unspecified atom stereocenters. The molecular weight excluding hydrogens is 430 g/mol. The third-order valence-electron chi connectivity index (χ3n) is 9.85. The molecular formula is C30H48F2O2. The first-order valence-corrected chi connectivity index (χ1v) is 14.5. The Morgan fingerprint density at radius 3 is 1.74 bits per heavy atom. The van der Waals surface area contributed by atoms with Gasteiger partial charge in [0.1, 0.15) is 0 Å². The van der Waals surface area contributed by atoms with Gasteiger partial charge in [0.2, 0.25) is 0 Å². The Bertz CT molecular complexity index is 626. The van der Waals surface area contributed by atoms with E-state index in [4.69, 9.17) is 9.47 Å². The average molecular weight is 479 g/mol. The van der Waals surface area contributed by atoms with Crippen molar-refractivity contribution in [1.29, 1.82) is 0 Å². The van der Waals surface area contributed by atoms with Crippen LogP contribution in [0.1, 0.15) is 103 Å². The van der Waals surface area contributed by atoms with Crippen LogP contribution in [0.25, 0.3) is 0 Å². The second-order valence-electron chi connectivity index (χ2n) is 11.9. The normalized spacial score (nSPS) is 39.7. The van der Waals surface area contributed by atoms with Gasteiger partial charge in [-0.2, -0.15) is 8.78 Å². The van der Waals surface area contributed by atoms with Gasteiger partial charge in [0.25, 0.3) is 6.08 Å². The van der Waals surface area contributed by atoms with Crippen LogP contribution in [0.4, 0.5) is 8.78 Å². The molecule has 2 nitrogen and oxygen atoms in total. The Morgan fingerprint density at radius 1 is 0.676 bits per heavy atom. The molecule has 4 fully saturated rings. The molecule has 0 radical (unpaired) electrons. The predicted molar refractivity (Wildman–Crippen MR) is 134 cm³/mol. The fraction of sp³-hybridized carbons (Fsp3) is 0.867. The highest BCUT2D eigenvalue weighted by Crippen LogP contribution is 2.44. The van der Waals surface area contributed by atoms with Gasteiger partial charge in [0.15, 0.2) is 6.29 Å². The Morgan fingerprint density at radius 2 is 1.18 bits per heavy atom. The number of allylic oxidation sites excluding steroid dienone is 3. The molecule has 1 heterocycles. The van der Waals surface area contributed by atoms with Crippen LogP contribution in [0.3, 0.4) is 0 Å². The molecule has 4 rings (SSSR count). The van der Waals surface area contributed by atoms with Crippen molar-refractivity contribution in [2.24, 2.45) is 41.4 Å². The minimum Gasteiger partial charge on any atom is -0.352 e. The van der Waals surface area contributed by atoms with Gasteiger partial charge in [0.05, 0.1) is 13.2 Å². The maximum absolute atomic E-state index is 12.4. The Labute approximate surface area is 206 Å². The lowest BCUT2D eigenvalue weighted by Gasteiger charge is -2.42. The van der Waals surface area contributed by atoms with E-state index in [1.807, 2.05) is 0 Å². The minimum absolute atomic E-state index is 0.0208. The first-order valence-electron chi connectivity index (χ1n) is 14.5. The summed E-state index contributed by atoms with van der Waals surface area (Å²) in [6.07, 6.45) is 22.5. The molecule has 0 aromatic carbocycles. The molecule has 1 aliphatic heterocycles. The van der Waals surface area contributed by atoms with Crippen LogP contribution in [0, 0.1) is 41.4 Å². The van der Waals surface area contributed by atoms with Crippen LogP contribution < -0.4 is 0 Å². The van der Waals surface area contributed by atoms with Crippen LogP contribution in [0.15, 0.2) is 24.3 Å². The average Bonchev–Trinajstić information content (AvgIpc) is 2.89. The predicted octanol–water partition coefficient (Wildman–Crippen LogP) is 8.92. The van der Waals surface area contributed by atoms with Gasteiger partial charge in [-0.25, -0.2) is 0 Å². The summed E-state index contributed by atoms with van der Waals surface area (Å²) in [7, 11) is 0. The lowest BCUT2D eigenvalue weighted by molar-refractivity contribution is -0.237. The van der Waals surface area contributed by atoms with Gasteiger partial charge in [0, 0.05) is 11.8 Å². The summed E-state index contributed by atoms with van der Waals surface area (Å²) < 4.78 is 37.4. The van der Waals surface area contributed by atoms with Crippen LogP contribution in [0.5, 0.6) is 0 Å². The fourth-order valence-corrected chi connectivity index (χ4v) is 7.56. The van der Waals surface area contributed by atoms with Crippen molar-refractivity contribution >= 4 is 0 Å². The van der Waals surface area contributed by atoms with Crippen LogP contribution >= 0.6 is 0 Å². The van der Waals surface area contributed by atoms with E-state index in [2.05, 4.69) is 19.1 Å². The highest BCUT2D eigenvalue weighted by Gasteiger charge is 2.37. The second kappa shape index (κ2) is 13.5. The lowest BCUT2D eigenvalue weighted by Crippen LogP contribution is -2.41. The molecule has 0 N–H and O–H groups in total. The number of ether oxygens (including phenoxy) is 2. The molecule has 0 aromatic rings. The summed E-state index contributed by atoms with van der Waals surface area (Å²) >= 11 is 0. The van der Waals surface area contributed by atoms with Gasteiger partial charge in [-0.1, -0.05) is 25.0 Å². The van der Waals surface area contributed by atoms with Gasteiger partial charge in [-0.3, -0.25) is 0 Å². The van der Waals surface area contributed by atoms with E-state index in [9.17, 15) is 8.78 Å². The summed E-state index contributed by atoms with van der Waals surface area (Å²) in [5, 5.41) is 0. The van der Waals surface area contributed by atoms with Crippen molar-refractivity contribution in [3.05, 3.63) is 24.3 Å². The third-order valence-corrected chi connectivity index (χ3v) is 9.85. The van der Waals surface area contributed by atoms with Gasteiger partial charge in [-0.05, 0) is 126 Å². The zero-order chi connectivity index (χ0) is 23.8. The molecule has 34 heavy (non-hydrogen) atoms. The first kappa shape index (κ1) is 26.3. The summed E-state index contributed by atoms with van der Waals surface area (Å²) in [5.41, 5.74) is 0. The molecule has 0 aromatic heterocycles. The van der Waals surface area contributed by atoms with Crippen molar-refractivity contribution < 1.29 is 18.3 Å². The van der Waals surface area contributed by atoms with E-state index in [1.54, 1.807) is 0 Å². The van der Waals surface area contributed by atoms with E-state index in [0.29, 0.717) is 24.2 Å². The highest BCUT2D eigenvalue weighted by atomic mass is 19.3. The van der Waals surface area contributed by atoms with Gasteiger partial charge >= 0.3 is 0 Å². The van der Waals surface area contributed by atoms with Crippen LogP contribution in [-0.2, 0) is 9.47 Å². The molecule has 0 bridgehead atoms. The lowest BCUT2D eigenvalue weighted by atomic mass is 9.68. The van der Waals surface area contributed by atoms with E-state index in [-0.39, 0.29) is 6.29 Å². The third kappa shape index (κ3) is 7.63. The van der Waals surface area contributed by atoms with Crippen LogP contribution in [0.2, 0.25) is 0 Å². The molecule has 3 aliphatic carbocycles. The highest BCUT2D eigenvalue weighted by molar-refractivity contribution is 4.88. The summed E-state index contributed by atoms with van der Waals surface area (Å²) in [5.74, 6) is 4.98. The zero-order valence-corrected chi connectivity index (χ0v) is 21.4. The van der Waals surface area contributed by atoms with E-state index >= 15 is 0 Å². The second-order valence-corrected chi connectivity index (χ2v) is 11.9. The quantitative estimate of drug-likeness (QED) is 0.324. The summed E-state index contributed by atoms with van der Waals surface area (Å²) in [4.78, 5) is 0. The number of hydrogen-bond acceptors (Lipinski definition) is 2. The Hall–Kier alpha value is -0.740. The first-order chi connectivity index (χ1) is 16.6. The van der Waals surface area contributed by atoms with E-state index in [1.165, 1.54) is 77.0 Å². The molecule has 0 amide bonds. The molecule has 4 aliphatic rings. The Balaban J connectivity index is 1.11. The smallest absolute Gasteiger partial charge is 0.266 e. The number of halogens is 2. The molecule has 194 valence electrons. The minimum atomic E-state index is -1.51. The summed E-state index contributed by atoms with van der Waals surface area (Å²) in [6.45, 7) is 3.92. The molecule has 1 saturated heterocycles. The van der Waals surface area contributed by atoms with Gasteiger partial charge < -0.3 is 9.47 Å². The van der Waals surface area contributed by atoms with Crippen molar-refractivity contribution in [2.75, 3.05) is 13.2 Å². The monoisotopic (exact) mass is 478 g/mol. The van der Waals surface area contributed by atoms with Crippen molar-refractivity contribution in [3.8, 4) is 0 Å². The van der Waals surface area contributed by atoms with Crippen molar-refractivity contribution in [1.82, 2.24) is 0 Å². The van der Waals surface area contributed by atoms with E-state index < -0.39 is 6.08 Å². The standard InChI is InChI=1S/C30H48F2O2/c1-2-3-4-5-22-6-13-26(14-7-22)28-20-33-30(34-21-28)27-17-15-25(16-18-27)24-11-8-23(9-12-24)10-19-29(31)32/h2-3,19,22-28,30H,4-18,20-21H2,1H3/b3-2+. The topological polar surface area (TPSA) is 18.5 Å². The maximum atomic E-state index is 12.4. The number of rotatable bonds is 8. The zero-order valence-electron chi connectivity index (χ0n) is 21.4. The molecule has 0 spiro atoms. The fourth-order valence-electron chi connectivity index (χ4n) is 7.56. The van der Waals surface area contributed by atoms with Gasteiger partial charge in [-0.15, -0.1) is 0 Å². The maximum Gasteiger partial charge on any atom is 0.266 e. The molecule has 4 heteroatoms. The van der Waals surface area contributed by atoms with E-state index in [0.717, 1.165) is 55.8 Å². The van der Waals surface area contributed by atoms with Crippen molar-refractivity contribution in [3.63, 3.8) is 0 Å².